The Kier molecular flexibility index (Phi) is 5.42. The Morgan fingerprint density at radius 3 is 2.88 bits per heavy atom. The molecule has 2 aromatic carbocycles. The van der Waals surface area contributed by atoms with Gasteiger partial charge in [-0.1, -0.05) is 35.0 Å². The van der Waals surface area contributed by atoms with Gasteiger partial charge in [0.15, 0.2) is 0 Å². The highest BCUT2D eigenvalue weighted by Crippen LogP contribution is 2.26. The monoisotopic (exact) mass is 376 g/mol. The van der Waals surface area contributed by atoms with Crippen LogP contribution in [-0.4, -0.2) is 24.8 Å². The van der Waals surface area contributed by atoms with Crippen LogP contribution in [0.1, 0.15) is 30.5 Å². The van der Waals surface area contributed by atoms with Crippen LogP contribution < -0.4 is 10.1 Å². The molecule has 7 heteroatoms. The van der Waals surface area contributed by atoms with Gasteiger partial charge < -0.3 is 14.9 Å². The number of nitrogens with one attached hydrogen (secondary N) is 1. The Morgan fingerprint density at radius 1 is 1.38 bits per heavy atom. The zero-order valence-corrected chi connectivity index (χ0v) is 15.1. The molecule has 2 aromatic rings. The predicted octanol–water partition coefficient (Wildman–Crippen LogP) is 3.86. The third kappa shape index (κ3) is 3.80. The lowest BCUT2D eigenvalue weighted by atomic mass is 10.0. The van der Waals surface area contributed by atoms with Gasteiger partial charge >= 0.3 is 0 Å². The van der Waals surface area contributed by atoms with Crippen LogP contribution in [0, 0.1) is 5.82 Å². The van der Waals surface area contributed by atoms with E-state index >= 15 is 0 Å². The summed E-state index contributed by atoms with van der Waals surface area (Å²) in [6.45, 7) is 1.86. The molecule has 1 N–H and O–H groups in total. The second kappa shape index (κ2) is 7.74. The van der Waals surface area contributed by atoms with Gasteiger partial charge in [-0.3, -0.25) is 4.79 Å². The number of benzene rings is 2. The minimum Gasteiger partial charge on any atom is -0.497 e. The van der Waals surface area contributed by atoms with Crippen LogP contribution in [0.15, 0.2) is 47.6 Å². The maximum absolute atomic E-state index is 14.0. The number of halogens is 2. The maximum atomic E-state index is 14.0. The van der Waals surface area contributed by atoms with Crippen molar-refractivity contribution in [2.45, 2.75) is 25.5 Å². The van der Waals surface area contributed by atoms with Gasteiger partial charge in [0.25, 0.3) is 5.91 Å². The predicted molar refractivity (Wildman–Crippen MR) is 97.0 cm³/mol. The summed E-state index contributed by atoms with van der Waals surface area (Å²) in [7, 11) is 1.58. The van der Waals surface area contributed by atoms with Crippen LogP contribution in [0.3, 0.4) is 0 Å². The molecule has 0 aromatic heterocycles. The Labute approximate surface area is 155 Å². The second-order valence-corrected chi connectivity index (χ2v) is 6.35. The van der Waals surface area contributed by atoms with Crippen molar-refractivity contribution < 1.29 is 18.8 Å². The summed E-state index contributed by atoms with van der Waals surface area (Å²) >= 11 is 6.04. The first-order chi connectivity index (χ1) is 12.5. The van der Waals surface area contributed by atoms with E-state index in [2.05, 4.69) is 10.5 Å². The fourth-order valence-corrected chi connectivity index (χ4v) is 3.01. The summed E-state index contributed by atoms with van der Waals surface area (Å²) in [5, 5.41) is 6.95. The number of amides is 1. The number of hydrogen-bond donors (Lipinski definition) is 1. The van der Waals surface area contributed by atoms with Crippen LogP contribution in [0.4, 0.5) is 4.39 Å². The molecule has 0 bridgehead atoms. The fraction of sp³-hybridized carbons (Fsp3) is 0.263. The molecule has 0 radical (unpaired) electrons. The lowest BCUT2D eigenvalue weighted by Crippen LogP contribution is -2.36. The Balaban J connectivity index is 1.65. The minimum atomic E-state index is -0.825. The molecule has 0 spiro atoms. The zero-order chi connectivity index (χ0) is 18.7. The van der Waals surface area contributed by atoms with Crippen LogP contribution in [-0.2, 0) is 9.63 Å². The molecule has 0 aliphatic carbocycles. The van der Waals surface area contributed by atoms with E-state index < -0.39 is 11.9 Å². The van der Waals surface area contributed by atoms with E-state index in [9.17, 15) is 9.18 Å². The number of rotatable bonds is 5. The Hall–Kier alpha value is -2.60. The van der Waals surface area contributed by atoms with Crippen molar-refractivity contribution in [3.8, 4) is 5.75 Å². The lowest BCUT2D eigenvalue weighted by Gasteiger charge is -2.17. The van der Waals surface area contributed by atoms with Crippen molar-refractivity contribution >= 4 is 23.2 Å². The average Bonchev–Trinajstić information content (AvgIpc) is 3.11. The molecule has 0 saturated heterocycles. The molecular formula is C19H18ClFN2O3. The summed E-state index contributed by atoms with van der Waals surface area (Å²) < 4.78 is 19.2. The maximum Gasteiger partial charge on any atom is 0.264 e. The number of carbonyl (C=O) groups is 1. The van der Waals surface area contributed by atoms with E-state index in [4.69, 9.17) is 21.2 Å². The molecule has 0 fully saturated rings. The van der Waals surface area contributed by atoms with Crippen molar-refractivity contribution in [1.82, 2.24) is 5.32 Å². The van der Waals surface area contributed by atoms with Gasteiger partial charge in [-0.15, -0.1) is 0 Å². The van der Waals surface area contributed by atoms with E-state index in [-0.39, 0.29) is 29.0 Å². The first-order valence-corrected chi connectivity index (χ1v) is 8.48. The molecule has 1 aliphatic heterocycles. The third-order valence-corrected chi connectivity index (χ3v) is 4.48. The van der Waals surface area contributed by atoms with E-state index in [0.29, 0.717) is 11.5 Å². The average molecular weight is 377 g/mol. The smallest absolute Gasteiger partial charge is 0.264 e. The van der Waals surface area contributed by atoms with Gasteiger partial charge in [0.05, 0.1) is 29.4 Å². The highest BCUT2D eigenvalue weighted by Gasteiger charge is 2.31. The molecule has 3 rings (SSSR count). The highest BCUT2D eigenvalue weighted by atomic mass is 35.5. The molecule has 1 amide bonds. The molecule has 2 atom stereocenters. The summed E-state index contributed by atoms with van der Waals surface area (Å²) in [5.74, 6) is -0.113. The summed E-state index contributed by atoms with van der Waals surface area (Å²) in [5.41, 5.74) is 1.39. The molecule has 1 heterocycles. The standard InChI is InChI=1S/C19H18ClFN2O3/c1-11(12-5-3-6-13(9-12)25-2)22-19(24)17-10-16(23-26-17)18-14(20)7-4-8-15(18)21/h3-9,11,17H,10H2,1-2H3,(H,22,24). The number of ether oxygens (including phenoxy) is 1. The first-order valence-electron chi connectivity index (χ1n) is 8.11. The zero-order valence-electron chi connectivity index (χ0n) is 14.3. The topological polar surface area (TPSA) is 59.9 Å². The van der Waals surface area contributed by atoms with Crippen molar-refractivity contribution in [3.05, 3.63) is 64.4 Å². The van der Waals surface area contributed by atoms with Crippen LogP contribution in [0.5, 0.6) is 5.75 Å². The normalized spacial score (nSPS) is 17.2. The van der Waals surface area contributed by atoms with E-state index in [1.165, 1.54) is 12.1 Å². The van der Waals surface area contributed by atoms with Gasteiger partial charge in [-0.2, -0.15) is 0 Å². The van der Waals surface area contributed by atoms with Crippen LogP contribution in [0.2, 0.25) is 5.02 Å². The number of oxime groups is 1. The Morgan fingerprint density at radius 2 is 2.15 bits per heavy atom. The number of hydrogen-bond acceptors (Lipinski definition) is 4. The summed E-state index contributed by atoms with van der Waals surface area (Å²) in [6, 6.07) is 11.6. The summed E-state index contributed by atoms with van der Waals surface area (Å²) in [4.78, 5) is 17.7. The van der Waals surface area contributed by atoms with Crippen LogP contribution in [0.25, 0.3) is 0 Å². The lowest BCUT2D eigenvalue weighted by molar-refractivity contribution is -0.131. The minimum absolute atomic E-state index is 0.150. The van der Waals surface area contributed by atoms with Gasteiger partial charge in [0.1, 0.15) is 11.6 Å². The van der Waals surface area contributed by atoms with Gasteiger partial charge in [-0.05, 0) is 36.8 Å². The van der Waals surface area contributed by atoms with Gasteiger partial charge in [0.2, 0.25) is 6.10 Å². The van der Waals surface area contributed by atoms with Crippen molar-refractivity contribution in [2.24, 2.45) is 5.16 Å². The molecule has 5 nitrogen and oxygen atoms in total. The fourth-order valence-electron chi connectivity index (χ4n) is 2.74. The summed E-state index contributed by atoms with van der Waals surface area (Å²) in [6.07, 6.45) is -0.675. The van der Waals surface area contributed by atoms with E-state index in [1.807, 2.05) is 31.2 Å². The van der Waals surface area contributed by atoms with Gasteiger partial charge in [-0.25, -0.2) is 4.39 Å². The quantitative estimate of drug-likeness (QED) is 0.862. The Bertz CT molecular complexity index is 836. The highest BCUT2D eigenvalue weighted by molar-refractivity contribution is 6.34. The van der Waals surface area contributed by atoms with Crippen molar-refractivity contribution in [2.75, 3.05) is 7.11 Å². The van der Waals surface area contributed by atoms with E-state index in [1.54, 1.807) is 13.2 Å². The molecule has 1 aliphatic rings. The first kappa shape index (κ1) is 18.2. The molecular weight excluding hydrogens is 359 g/mol. The largest absolute Gasteiger partial charge is 0.497 e. The number of carbonyl (C=O) groups excluding carboxylic acids is 1. The molecule has 26 heavy (non-hydrogen) atoms. The van der Waals surface area contributed by atoms with Crippen molar-refractivity contribution in [1.29, 1.82) is 0 Å². The second-order valence-electron chi connectivity index (χ2n) is 5.94. The third-order valence-electron chi connectivity index (χ3n) is 4.17. The van der Waals surface area contributed by atoms with Crippen LogP contribution >= 0.6 is 11.6 Å². The number of methoxy groups -OCH3 is 1. The molecule has 2 unspecified atom stereocenters. The van der Waals surface area contributed by atoms with Crippen molar-refractivity contribution in [3.63, 3.8) is 0 Å². The number of nitrogens with zero attached hydrogens (tertiary/aromatic N) is 1. The molecule has 136 valence electrons. The SMILES string of the molecule is COc1cccc(C(C)NC(=O)C2CC(c3c(F)cccc3Cl)=NO2)c1. The van der Waals surface area contributed by atoms with E-state index in [0.717, 1.165) is 5.56 Å². The molecule has 0 saturated carbocycles. The van der Waals surface area contributed by atoms with Gasteiger partial charge in [0, 0.05) is 6.42 Å².